The molecular formula is C17H19N5O3S. The summed E-state index contributed by atoms with van der Waals surface area (Å²) in [4.78, 5) is 16.9. The number of sulfonamides is 1. The van der Waals surface area contributed by atoms with Gasteiger partial charge in [-0.2, -0.15) is 5.10 Å². The number of primary sulfonamides is 1. The van der Waals surface area contributed by atoms with Gasteiger partial charge >= 0.3 is 0 Å². The summed E-state index contributed by atoms with van der Waals surface area (Å²) in [5.74, 6) is 0.329. The number of hydrogen-bond donors (Lipinski definition) is 2. The number of pyridine rings is 1. The normalized spacial score (nSPS) is 12.9. The summed E-state index contributed by atoms with van der Waals surface area (Å²) in [6.07, 6.45) is 1.62. The third-order valence-corrected chi connectivity index (χ3v) is 4.93. The van der Waals surface area contributed by atoms with Gasteiger partial charge in [0.1, 0.15) is 5.82 Å². The summed E-state index contributed by atoms with van der Waals surface area (Å²) in [7, 11) is -3.80. The molecule has 3 rings (SSSR count). The van der Waals surface area contributed by atoms with Crippen LogP contribution in [0.3, 0.4) is 0 Å². The average Bonchev–Trinajstić information content (AvgIpc) is 2.95. The highest BCUT2D eigenvalue weighted by Crippen LogP contribution is 2.18. The molecule has 1 unspecified atom stereocenters. The number of amides is 1. The van der Waals surface area contributed by atoms with Crippen LogP contribution >= 0.6 is 0 Å². The molecule has 3 N–H and O–H groups in total. The van der Waals surface area contributed by atoms with Gasteiger partial charge in [0, 0.05) is 6.20 Å². The highest BCUT2D eigenvalue weighted by atomic mass is 32.2. The van der Waals surface area contributed by atoms with Crippen LogP contribution in [0.15, 0.2) is 41.4 Å². The Kier molecular flexibility index (Phi) is 4.51. The van der Waals surface area contributed by atoms with Crippen molar-refractivity contribution in [3.8, 4) is 0 Å². The van der Waals surface area contributed by atoms with Crippen LogP contribution in [0.4, 0.5) is 0 Å². The number of nitrogens with zero attached hydrogens (tertiary/aromatic N) is 3. The van der Waals surface area contributed by atoms with E-state index < -0.39 is 16.1 Å². The van der Waals surface area contributed by atoms with E-state index in [0.29, 0.717) is 22.6 Å². The van der Waals surface area contributed by atoms with E-state index in [1.807, 2.05) is 6.92 Å². The van der Waals surface area contributed by atoms with Gasteiger partial charge in [-0.15, -0.1) is 0 Å². The molecule has 26 heavy (non-hydrogen) atoms. The quantitative estimate of drug-likeness (QED) is 0.718. The minimum atomic E-state index is -3.80. The zero-order valence-electron chi connectivity index (χ0n) is 14.6. The summed E-state index contributed by atoms with van der Waals surface area (Å²) in [5.41, 5.74) is 2.61. The number of carbonyl (C=O) groups is 1. The zero-order valence-corrected chi connectivity index (χ0v) is 15.4. The van der Waals surface area contributed by atoms with Gasteiger partial charge in [-0.1, -0.05) is 12.1 Å². The van der Waals surface area contributed by atoms with Gasteiger partial charge in [-0.3, -0.25) is 4.79 Å². The van der Waals surface area contributed by atoms with Gasteiger partial charge < -0.3 is 5.32 Å². The number of fused-ring (bicyclic) bond motifs is 1. The van der Waals surface area contributed by atoms with Crippen molar-refractivity contribution in [1.29, 1.82) is 0 Å². The van der Waals surface area contributed by atoms with Crippen LogP contribution in [0.1, 0.15) is 40.3 Å². The molecule has 2 aromatic heterocycles. The number of aromatic nitrogens is 3. The fourth-order valence-corrected chi connectivity index (χ4v) is 3.27. The number of hydrogen-bond acceptors (Lipinski definition) is 5. The van der Waals surface area contributed by atoms with Crippen LogP contribution in [-0.2, 0) is 10.0 Å². The molecule has 0 aliphatic heterocycles. The first-order valence-electron chi connectivity index (χ1n) is 7.92. The Balaban J connectivity index is 1.86. The fourth-order valence-electron chi connectivity index (χ4n) is 2.70. The maximum absolute atomic E-state index is 12.6. The number of nitrogens with two attached hydrogens (primary N) is 1. The lowest BCUT2D eigenvalue weighted by Crippen LogP contribution is -2.27. The first-order valence-corrected chi connectivity index (χ1v) is 9.47. The van der Waals surface area contributed by atoms with Crippen LogP contribution in [0.5, 0.6) is 0 Å². The van der Waals surface area contributed by atoms with Crippen LogP contribution in [0.2, 0.25) is 0 Å². The molecule has 0 bridgehead atoms. The third-order valence-electron chi connectivity index (χ3n) is 4.02. The number of aryl methyl sites for hydroxylation is 2. The predicted molar refractivity (Wildman–Crippen MR) is 96.2 cm³/mol. The molecule has 2 heterocycles. The molecule has 1 atom stereocenters. The van der Waals surface area contributed by atoms with Crippen molar-refractivity contribution in [1.82, 2.24) is 19.9 Å². The smallest absolute Gasteiger partial charge is 0.253 e. The highest BCUT2D eigenvalue weighted by Gasteiger charge is 2.16. The molecule has 0 aliphatic rings. The van der Waals surface area contributed by atoms with E-state index in [-0.39, 0.29) is 10.8 Å². The third kappa shape index (κ3) is 3.58. The van der Waals surface area contributed by atoms with E-state index >= 15 is 0 Å². The monoisotopic (exact) mass is 373 g/mol. The maximum Gasteiger partial charge on any atom is 0.253 e. The van der Waals surface area contributed by atoms with Gasteiger partial charge in [0.15, 0.2) is 5.65 Å². The number of benzene rings is 1. The molecular weight excluding hydrogens is 354 g/mol. The molecule has 3 aromatic rings. The standard InChI is InChI=1S/C17H19N5O3S/c1-10-7-14(9-22-16(10)20-12(3)21-22)17(23)19-11(2)13-5-4-6-15(8-13)26(18,24)25/h4-9,11H,1-3H3,(H,19,23)(H2,18,24,25). The molecule has 1 aromatic carbocycles. The SMILES string of the molecule is Cc1nc2c(C)cc(C(=O)NC(C)c3cccc(S(N)(=O)=O)c3)cn2n1. The molecule has 8 nitrogen and oxygen atoms in total. The Hall–Kier alpha value is -2.78. The molecule has 9 heteroatoms. The van der Waals surface area contributed by atoms with Gasteiger partial charge in [0.05, 0.1) is 16.5 Å². The Morgan fingerprint density at radius 1 is 1.27 bits per heavy atom. The topological polar surface area (TPSA) is 119 Å². The van der Waals surface area contributed by atoms with Gasteiger partial charge in [-0.25, -0.2) is 23.1 Å². The van der Waals surface area contributed by atoms with Gasteiger partial charge in [-0.05, 0) is 50.1 Å². The largest absolute Gasteiger partial charge is 0.345 e. The van der Waals surface area contributed by atoms with Crippen LogP contribution in [0.25, 0.3) is 5.65 Å². The van der Waals surface area contributed by atoms with E-state index in [2.05, 4.69) is 15.4 Å². The molecule has 1 amide bonds. The fraction of sp³-hybridized carbons (Fsp3) is 0.235. The molecule has 0 fully saturated rings. The zero-order chi connectivity index (χ0) is 19.1. The molecule has 0 radical (unpaired) electrons. The van der Waals surface area contributed by atoms with Crippen molar-refractivity contribution in [3.63, 3.8) is 0 Å². The van der Waals surface area contributed by atoms with E-state index in [4.69, 9.17) is 5.14 Å². The number of rotatable bonds is 4. The maximum atomic E-state index is 12.6. The van der Waals surface area contributed by atoms with Crippen LogP contribution < -0.4 is 10.5 Å². The minimum absolute atomic E-state index is 0.00598. The van der Waals surface area contributed by atoms with Gasteiger partial charge in [0.25, 0.3) is 5.91 Å². The molecule has 136 valence electrons. The van der Waals surface area contributed by atoms with E-state index in [9.17, 15) is 13.2 Å². The van der Waals surface area contributed by atoms with E-state index in [1.165, 1.54) is 12.1 Å². The van der Waals surface area contributed by atoms with E-state index in [1.54, 1.807) is 42.8 Å². The number of nitrogens with one attached hydrogen (secondary N) is 1. The van der Waals surface area contributed by atoms with Crippen LogP contribution in [-0.4, -0.2) is 28.9 Å². The van der Waals surface area contributed by atoms with Crippen molar-refractivity contribution >= 4 is 21.6 Å². The average molecular weight is 373 g/mol. The summed E-state index contributed by atoms with van der Waals surface area (Å²) >= 11 is 0. The Morgan fingerprint density at radius 2 is 2.00 bits per heavy atom. The Bertz CT molecular complexity index is 1100. The van der Waals surface area contributed by atoms with E-state index in [0.717, 1.165) is 5.56 Å². The minimum Gasteiger partial charge on any atom is -0.345 e. The summed E-state index contributed by atoms with van der Waals surface area (Å²) in [6.45, 7) is 5.41. The Morgan fingerprint density at radius 3 is 2.69 bits per heavy atom. The first-order chi connectivity index (χ1) is 12.1. The molecule has 0 spiro atoms. The van der Waals surface area contributed by atoms with Crippen molar-refractivity contribution in [3.05, 3.63) is 59.0 Å². The second-order valence-electron chi connectivity index (χ2n) is 6.15. The predicted octanol–water partition coefficient (Wildman–Crippen LogP) is 1.48. The Labute approximate surface area is 151 Å². The summed E-state index contributed by atoms with van der Waals surface area (Å²) < 4.78 is 24.6. The lowest BCUT2D eigenvalue weighted by molar-refractivity contribution is 0.0939. The summed E-state index contributed by atoms with van der Waals surface area (Å²) in [5, 5.41) is 12.3. The number of carbonyl (C=O) groups excluding carboxylic acids is 1. The first kappa shape index (κ1) is 18.0. The molecule has 0 aliphatic carbocycles. The lowest BCUT2D eigenvalue weighted by atomic mass is 10.1. The van der Waals surface area contributed by atoms with Gasteiger partial charge in [0.2, 0.25) is 10.0 Å². The molecule has 0 saturated carbocycles. The van der Waals surface area contributed by atoms with Crippen molar-refractivity contribution in [2.24, 2.45) is 5.14 Å². The van der Waals surface area contributed by atoms with Crippen molar-refractivity contribution in [2.75, 3.05) is 0 Å². The van der Waals surface area contributed by atoms with Crippen molar-refractivity contribution in [2.45, 2.75) is 31.7 Å². The second-order valence-corrected chi connectivity index (χ2v) is 7.71. The lowest BCUT2D eigenvalue weighted by Gasteiger charge is -2.15. The second kappa shape index (κ2) is 6.50. The summed E-state index contributed by atoms with van der Waals surface area (Å²) in [6, 6.07) is 7.53. The molecule has 0 saturated heterocycles. The highest BCUT2D eigenvalue weighted by molar-refractivity contribution is 7.89. The van der Waals surface area contributed by atoms with Crippen LogP contribution in [0, 0.1) is 13.8 Å². The van der Waals surface area contributed by atoms with Crippen molar-refractivity contribution < 1.29 is 13.2 Å².